The first kappa shape index (κ1) is 16.9. The molecular weight excluding hydrogens is 339 g/mol. The van der Waals surface area contributed by atoms with E-state index in [2.05, 4.69) is 9.17 Å². The van der Waals surface area contributed by atoms with Crippen LogP contribution in [0.2, 0.25) is 0 Å². The molecule has 22 heavy (non-hydrogen) atoms. The minimum absolute atomic E-state index is 0.200. The van der Waals surface area contributed by atoms with Gasteiger partial charge in [-0.3, -0.25) is 9.17 Å². The van der Waals surface area contributed by atoms with Crippen molar-refractivity contribution in [3.8, 4) is 11.1 Å². The molecule has 0 spiro atoms. The van der Waals surface area contributed by atoms with Gasteiger partial charge in [0.2, 0.25) is 0 Å². The first-order valence-corrected chi connectivity index (χ1v) is 8.72. The van der Waals surface area contributed by atoms with Crippen LogP contribution >= 0.6 is 11.3 Å². The van der Waals surface area contributed by atoms with E-state index in [1.54, 1.807) is 19.1 Å². The average Bonchev–Trinajstić information content (AvgIpc) is 2.80. The van der Waals surface area contributed by atoms with Gasteiger partial charge in [0.1, 0.15) is 4.88 Å². The van der Waals surface area contributed by atoms with Crippen molar-refractivity contribution in [3.63, 3.8) is 0 Å². The van der Waals surface area contributed by atoms with Crippen molar-refractivity contribution < 1.29 is 25.8 Å². The van der Waals surface area contributed by atoms with E-state index < -0.39 is 27.8 Å². The van der Waals surface area contributed by atoms with Crippen molar-refractivity contribution in [2.75, 3.05) is 6.26 Å². The maximum atomic E-state index is 13.1. The van der Waals surface area contributed by atoms with Gasteiger partial charge in [0, 0.05) is 28.6 Å². The van der Waals surface area contributed by atoms with Gasteiger partial charge in [0.15, 0.2) is 0 Å². The Morgan fingerprint density at radius 2 is 2.00 bits per heavy atom. The molecule has 0 radical (unpaired) electrons. The van der Waals surface area contributed by atoms with Crippen LogP contribution in [0.25, 0.3) is 11.1 Å². The summed E-state index contributed by atoms with van der Waals surface area (Å²) in [6.45, 7) is 1.09. The summed E-state index contributed by atoms with van der Waals surface area (Å²) in [5, 5.41) is 1.33. The topological polar surface area (TPSA) is 56.3 Å². The molecule has 0 bridgehead atoms. The van der Waals surface area contributed by atoms with Crippen LogP contribution in [0.15, 0.2) is 23.7 Å². The lowest BCUT2D eigenvalue weighted by Crippen LogP contribution is -2.09. The van der Waals surface area contributed by atoms with Crippen LogP contribution in [0.1, 0.15) is 16.1 Å². The summed E-state index contributed by atoms with van der Waals surface area (Å²) in [6.07, 6.45) is -2.33. The van der Waals surface area contributed by atoms with Crippen LogP contribution in [-0.4, -0.2) is 19.7 Å². The zero-order valence-electron chi connectivity index (χ0n) is 11.6. The quantitative estimate of drug-likeness (QED) is 0.790. The molecule has 0 unspecified atom stereocenters. The number of hydrogen-bond acceptors (Lipinski definition) is 5. The Morgan fingerprint density at radius 1 is 1.32 bits per heavy atom. The zero-order chi connectivity index (χ0) is 16.5. The number of pyridine rings is 1. The number of rotatable bonds is 4. The van der Waals surface area contributed by atoms with Gasteiger partial charge in [-0.15, -0.1) is 11.3 Å². The SMILES string of the molecule is Cc1ccc(-c2csc(C(F)(F)F)c2COS(C)(=O)=O)cn1. The number of thiophene rings is 1. The van der Waals surface area contributed by atoms with Gasteiger partial charge in [-0.2, -0.15) is 21.6 Å². The number of aryl methyl sites for hydroxylation is 1. The molecular formula is C13H12F3NO3S2. The maximum absolute atomic E-state index is 13.1. The molecule has 0 aromatic carbocycles. The van der Waals surface area contributed by atoms with E-state index in [1.807, 2.05) is 0 Å². The fourth-order valence-corrected chi connectivity index (χ4v) is 3.09. The zero-order valence-corrected chi connectivity index (χ0v) is 13.3. The summed E-state index contributed by atoms with van der Waals surface area (Å²) in [5.41, 5.74) is 1.27. The Balaban J connectivity index is 2.50. The third kappa shape index (κ3) is 4.05. The highest BCUT2D eigenvalue weighted by Crippen LogP contribution is 2.42. The summed E-state index contributed by atoms with van der Waals surface area (Å²) in [5.74, 6) is 0. The van der Waals surface area contributed by atoms with Gasteiger partial charge in [-0.25, -0.2) is 0 Å². The fourth-order valence-electron chi connectivity index (χ4n) is 1.80. The smallest absolute Gasteiger partial charge is 0.265 e. The van der Waals surface area contributed by atoms with Crippen molar-refractivity contribution >= 4 is 21.5 Å². The van der Waals surface area contributed by atoms with Gasteiger partial charge in [-0.1, -0.05) is 6.07 Å². The first-order valence-electron chi connectivity index (χ1n) is 6.03. The fraction of sp³-hybridized carbons (Fsp3) is 0.308. The number of halogens is 3. The van der Waals surface area contributed by atoms with Crippen LogP contribution in [0, 0.1) is 6.92 Å². The van der Waals surface area contributed by atoms with E-state index in [-0.39, 0.29) is 11.1 Å². The first-order chi connectivity index (χ1) is 10.1. The summed E-state index contributed by atoms with van der Waals surface area (Å²) < 4.78 is 65.8. The molecule has 0 atom stereocenters. The van der Waals surface area contributed by atoms with Crippen molar-refractivity contribution in [1.82, 2.24) is 4.98 Å². The molecule has 2 rings (SSSR count). The molecule has 2 aromatic heterocycles. The van der Waals surface area contributed by atoms with E-state index in [1.165, 1.54) is 11.6 Å². The predicted octanol–water partition coefficient (Wildman–Crippen LogP) is 3.61. The van der Waals surface area contributed by atoms with Crippen LogP contribution in [0.3, 0.4) is 0 Å². The van der Waals surface area contributed by atoms with Crippen LogP contribution in [-0.2, 0) is 27.1 Å². The van der Waals surface area contributed by atoms with E-state index in [0.717, 1.165) is 11.9 Å². The van der Waals surface area contributed by atoms with Crippen LogP contribution in [0.4, 0.5) is 13.2 Å². The summed E-state index contributed by atoms with van der Waals surface area (Å²) in [6, 6.07) is 3.30. The molecule has 0 aliphatic heterocycles. The lowest BCUT2D eigenvalue weighted by atomic mass is 10.0. The van der Waals surface area contributed by atoms with E-state index in [0.29, 0.717) is 16.9 Å². The van der Waals surface area contributed by atoms with E-state index >= 15 is 0 Å². The number of aromatic nitrogens is 1. The highest BCUT2D eigenvalue weighted by Gasteiger charge is 2.37. The Kier molecular flexibility index (Phi) is 4.59. The molecule has 0 N–H and O–H groups in total. The molecule has 120 valence electrons. The van der Waals surface area contributed by atoms with E-state index in [9.17, 15) is 21.6 Å². The number of alkyl halides is 3. The second-order valence-electron chi connectivity index (χ2n) is 4.61. The highest BCUT2D eigenvalue weighted by atomic mass is 32.2. The van der Waals surface area contributed by atoms with Crippen molar-refractivity contribution in [3.05, 3.63) is 39.8 Å². The Labute approximate surface area is 129 Å². The average molecular weight is 351 g/mol. The third-order valence-corrected chi connectivity index (χ3v) is 4.40. The van der Waals surface area contributed by atoms with Crippen molar-refractivity contribution in [2.45, 2.75) is 19.7 Å². The molecule has 0 aliphatic carbocycles. The van der Waals surface area contributed by atoms with Gasteiger partial charge in [0.25, 0.3) is 10.1 Å². The Morgan fingerprint density at radius 3 is 2.50 bits per heavy atom. The standard InChI is InChI=1S/C13H12F3NO3S2/c1-8-3-4-9(5-17-8)11-7-21-12(13(14,15)16)10(11)6-20-22(2,18)19/h3-5,7H,6H2,1-2H3. The molecule has 0 saturated heterocycles. The maximum Gasteiger partial charge on any atom is 0.425 e. The molecule has 0 aliphatic rings. The largest absolute Gasteiger partial charge is 0.425 e. The Bertz CT molecular complexity index is 765. The molecule has 9 heteroatoms. The van der Waals surface area contributed by atoms with Crippen LogP contribution in [0.5, 0.6) is 0 Å². The normalized spacial score (nSPS) is 12.6. The van der Waals surface area contributed by atoms with Gasteiger partial charge >= 0.3 is 6.18 Å². The summed E-state index contributed by atoms with van der Waals surface area (Å²) in [4.78, 5) is 3.17. The Hall–Kier alpha value is -1.45. The summed E-state index contributed by atoms with van der Waals surface area (Å²) >= 11 is 0.505. The van der Waals surface area contributed by atoms with Gasteiger partial charge in [0.05, 0.1) is 12.9 Å². The molecule has 4 nitrogen and oxygen atoms in total. The number of hydrogen-bond donors (Lipinski definition) is 0. The molecule has 0 fully saturated rings. The lowest BCUT2D eigenvalue weighted by molar-refractivity contribution is -0.135. The minimum atomic E-state index is -4.57. The second-order valence-corrected chi connectivity index (χ2v) is 7.13. The predicted molar refractivity (Wildman–Crippen MR) is 76.9 cm³/mol. The van der Waals surface area contributed by atoms with Crippen molar-refractivity contribution in [1.29, 1.82) is 0 Å². The van der Waals surface area contributed by atoms with Gasteiger partial charge < -0.3 is 0 Å². The second kappa shape index (κ2) is 5.98. The van der Waals surface area contributed by atoms with Crippen molar-refractivity contribution in [2.24, 2.45) is 0 Å². The number of nitrogens with zero attached hydrogens (tertiary/aromatic N) is 1. The third-order valence-electron chi connectivity index (χ3n) is 2.79. The summed E-state index contributed by atoms with van der Waals surface area (Å²) in [7, 11) is -3.85. The molecule has 2 aromatic rings. The minimum Gasteiger partial charge on any atom is -0.265 e. The molecule has 2 heterocycles. The molecule has 0 saturated carbocycles. The monoisotopic (exact) mass is 351 g/mol. The van der Waals surface area contributed by atoms with Crippen LogP contribution < -0.4 is 0 Å². The van der Waals surface area contributed by atoms with Gasteiger partial charge in [-0.05, 0) is 18.4 Å². The molecule has 0 amide bonds. The van der Waals surface area contributed by atoms with E-state index in [4.69, 9.17) is 0 Å². The highest BCUT2D eigenvalue weighted by molar-refractivity contribution is 7.85. The lowest BCUT2D eigenvalue weighted by Gasteiger charge is -2.10.